The minimum atomic E-state index is 0.0684. The van der Waals surface area contributed by atoms with E-state index in [0.717, 1.165) is 42.9 Å². The predicted octanol–water partition coefficient (Wildman–Crippen LogP) is 2.45. The fourth-order valence-corrected chi connectivity index (χ4v) is 3.06. The number of benzene rings is 1. The molecule has 0 bridgehead atoms. The molecule has 1 aromatic carbocycles. The molecular weight excluding hydrogens is 344 g/mol. The van der Waals surface area contributed by atoms with Gasteiger partial charge < -0.3 is 9.64 Å². The molecule has 0 unspecified atom stereocenters. The van der Waals surface area contributed by atoms with E-state index in [4.69, 9.17) is 16.3 Å². The number of rotatable bonds is 4. The van der Waals surface area contributed by atoms with Gasteiger partial charge in [-0.2, -0.15) is 0 Å². The summed E-state index contributed by atoms with van der Waals surface area (Å²) in [6.07, 6.45) is 0. The van der Waals surface area contributed by atoms with Crippen molar-refractivity contribution in [2.75, 3.05) is 45.7 Å². The zero-order valence-electron chi connectivity index (χ0n) is 11.4. The minimum absolute atomic E-state index is 0.0684. The first kappa shape index (κ1) is 15.6. The molecule has 1 aliphatic heterocycles. The fraction of sp³-hybridized carbons (Fsp3) is 0.500. The van der Waals surface area contributed by atoms with Crippen molar-refractivity contribution < 1.29 is 9.53 Å². The predicted molar refractivity (Wildman–Crippen MR) is 83.8 cm³/mol. The number of methoxy groups -OCH3 is 1. The molecule has 1 fully saturated rings. The van der Waals surface area contributed by atoms with Gasteiger partial charge in [0.05, 0.1) is 11.6 Å². The normalized spacial score (nSPS) is 16.2. The first-order valence-electron chi connectivity index (χ1n) is 6.57. The molecule has 110 valence electrons. The van der Waals surface area contributed by atoms with Crippen molar-refractivity contribution >= 4 is 33.4 Å². The second-order valence-corrected chi connectivity index (χ2v) is 5.90. The van der Waals surface area contributed by atoms with E-state index in [1.54, 1.807) is 19.2 Å². The van der Waals surface area contributed by atoms with Crippen molar-refractivity contribution in [2.24, 2.45) is 0 Å². The molecule has 2 rings (SSSR count). The lowest BCUT2D eigenvalue weighted by Crippen LogP contribution is -2.49. The van der Waals surface area contributed by atoms with E-state index in [-0.39, 0.29) is 5.91 Å². The number of carbonyl (C=O) groups is 1. The Morgan fingerprint density at radius 1 is 1.35 bits per heavy atom. The number of hydrogen-bond acceptors (Lipinski definition) is 3. The van der Waals surface area contributed by atoms with Crippen LogP contribution in [0.5, 0.6) is 5.75 Å². The highest BCUT2D eigenvalue weighted by atomic mass is 79.9. The van der Waals surface area contributed by atoms with Crippen molar-refractivity contribution in [3.05, 3.63) is 28.2 Å². The van der Waals surface area contributed by atoms with E-state index in [9.17, 15) is 4.79 Å². The third kappa shape index (κ3) is 3.65. The lowest BCUT2D eigenvalue weighted by Gasteiger charge is -2.34. The van der Waals surface area contributed by atoms with Gasteiger partial charge in [-0.1, -0.05) is 0 Å². The molecule has 20 heavy (non-hydrogen) atoms. The summed E-state index contributed by atoms with van der Waals surface area (Å²) in [5.74, 6) is 1.44. The fourth-order valence-electron chi connectivity index (χ4n) is 2.28. The van der Waals surface area contributed by atoms with E-state index >= 15 is 0 Å². The van der Waals surface area contributed by atoms with Gasteiger partial charge in [0.25, 0.3) is 5.91 Å². The van der Waals surface area contributed by atoms with Crippen LogP contribution in [0, 0.1) is 0 Å². The smallest absolute Gasteiger partial charge is 0.253 e. The van der Waals surface area contributed by atoms with Crippen LogP contribution >= 0.6 is 27.5 Å². The van der Waals surface area contributed by atoms with Gasteiger partial charge in [0, 0.05) is 44.2 Å². The van der Waals surface area contributed by atoms with E-state index in [2.05, 4.69) is 20.8 Å². The van der Waals surface area contributed by atoms with E-state index in [1.165, 1.54) is 0 Å². The van der Waals surface area contributed by atoms with Crippen molar-refractivity contribution in [2.45, 2.75) is 0 Å². The molecule has 6 heteroatoms. The summed E-state index contributed by atoms with van der Waals surface area (Å²) in [5, 5.41) is 0. The highest BCUT2D eigenvalue weighted by molar-refractivity contribution is 9.10. The maximum atomic E-state index is 12.4. The molecule has 1 aromatic rings. The Labute approximate surface area is 132 Å². The third-order valence-electron chi connectivity index (χ3n) is 3.46. The standard InChI is InChI=1S/C14H18BrClN2O2/c1-20-13-3-2-11(10-12(13)15)14(19)18-8-6-17(5-4-16)7-9-18/h2-3,10H,4-9H2,1H3. The number of ether oxygens (including phenoxy) is 1. The Morgan fingerprint density at radius 2 is 2.05 bits per heavy atom. The number of piperazine rings is 1. The van der Waals surface area contributed by atoms with Crippen molar-refractivity contribution in [1.82, 2.24) is 9.80 Å². The van der Waals surface area contributed by atoms with Crippen LogP contribution in [0.1, 0.15) is 10.4 Å². The number of carbonyl (C=O) groups excluding carboxylic acids is 1. The van der Waals surface area contributed by atoms with Gasteiger partial charge in [0.15, 0.2) is 0 Å². The molecule has 0 saturated carbocycles. The topological polar surface area (TPSA) is 32.8 Å². The number of nitrogens with zero attached hydrogens (tertiary/aromatic N) is 2. The molecule has 0 aliphatic carbocycles. The van der Waals surface area contributed by atoms with Crippen LogP contribution in [-0.4, -0.2) is 61.4 Å². The van der Waals surface area contributed by atoms with Crippen molar-refractivity contribution in [3.63, 3.8) is 0 Å². The van der Waals surface area contributed by atoms with Crippen LogP contribution < -0.4 is 4.74 Å². The lowest BCUT2D eigenvalue weighted by molar-refractivity contribution is 0.0644. The summed E-state index contributed by atoms with van der Waals surface area (Å²) in [7, 11) is 1.61. The number of alkyl halides is 1. The third-order valence-corrected chi connectivity index (χ3v) is 4.25. The average molecular weight is 362 g/mol. The van der Waals surface area contributed by atoms with Crippen LogP contribution in [-0.2, 0) is 0 Å². The lowest BCUT2D eigenvalue weighted by atomic mass is 10.1. The Bertz CT molecular complexity index is 476. The van der Waals surface area contributed by atoms with Gasteiger partial charge in [-0.15, -0.1) is 11.6 Å². The van der Waals surface area contributed by atoms with Gasteiger partial charge >= 0.3 is 0 Å². The van der Waals surface area contributed by atoms with Crippen LogP contribution in [0.4, 0.5) is 0 Å². The van der Waals surface area contributed by atoms with Gasteiger partial charge in [0.2, 0.25) is 0 Å². The molecule has 1 amide bonds. The molecule has 1 heterocycles. The summed E-state index contributed by atoms with van der Waals surface area (Å²) < 4.78 is 5.97. The molecule has 1 saturated heterocycles. The monoisotopic (exact) mass is 360 g/mol. The van der Waals surface area contributed by atoms with Crippen LogP contribution in [0.15, 0.2) is 22.7 Å². The largest absolute Gasteiger partial charge is 0.496 e. The second-order valence-electron chi connectivity index (χ2n) is 4.67. The Kier molecular flexibility index (Phi) is 5.69. The molecule has 0 atom stereocenters. The summed E-state index contributed by atoms with van der Waals surface area (Å²) in [4.78, 5) is 16.6. The molecule has 0 aromatic heterocycles. The van der Waals surface area contributed by atoms with Crippen molar-refractivity contribution in [3.8, 4) is 5.75 Å². The Hall–Kier alpha value is -0.780. The summed E-state index contributed by atoms with van der Waals surface area (Å²) in [5.41, 5.74) is 0.684. The van der Waals surface area contributed by atoms with Gasteiger partial charge in [-0.05, 0) is 34.1 Å². The quantitative estimate of drug-likeness (QED) is 0.772. The van der Waals surface area contributed by atoms with Gasteiger partial charge in [-0.3, -0.25) is 9.69 Å². The van der Waals surface area contributed by atoms with Crippen LogP contribution in [0.25, 0.3) is 0 Å². The van der Waals surface area contributed by atoms with E-state index < -0.39 is 0 Å². The Morgan fingerprint density at radius 3 is 2.60 bits per heavy atom. The number of halogens is 2. The van der Waals surface area contributed by atoms with Gasteiger partial charge in [-0.25, -0.2) is 0 Å². The highest BCUT2D eigenvalue weighted by Crippen LogP contribution is 2.26. The maximum Gasteiger partial charge on any atom is 0.253 e. The maximum absolute atomic E-state index is 12.4. The molecular formula is C14H18BrClN2O2. The summed E-state index contributed by atoms with van der Waals surface area (Å²) in [6, 6.07) is 5.42. The molecule has 1 aliphatic rings. The zero-order chi connectivity index (χ0) is 14.5. The average Bonchev–Trinajstić information content (AvgIpc) is 2.47. The SMILES string of the molecule is COc1ccc(C(=O)N2CCN(CCCl)CC2)cc1Br. The first-order valence-corrected chi connectivity index (χ1v) is 7.89. The molecule has 4 nitrogen and oxygen atoms in total. The molecule has 0 spiro atoms. The second kappa shape index (κ2) is 7.29. The number of hydrogen-bond donors (Lipinski definition) is 0. The van der Waals surface area contributed by atoms with E-state index in [1.807, 2.05) is 11.0 Å². The van der Waals surface area contributed by atoms with Crippen molar-refractivity contribution in [1.29, 1.82) is 0 Å². The Balaban J connectivity index is 2.00. The zero-order valence-corrected chi connectivity index (χ0v) is 13.8. The summed E-state index contributed by atoms with van der Waals surface area (Å²) >= 11 is 9.15. The number of amides is 1. The molecule has 0 radical (unpaired) electrons. The highest BCUT2D eigenvalue weighted by Gasteiger charge is 2.22. The first-order chi connectivity index (χ1) is 9.65. The summed E-state index contributed by atoms with van der Waals surface area (Å²) in [6.45, 7) is 4.15. The molecule has 0 N–H and O–H groups in total. The van der Waals surface area contributed by atoms with Gasteiger partial charge in [0.1, 0.15) is 5.75 Å². The van der Waals surface area contributed by atoms with Crippen LogP contribution in [0.3, 0.4) is 0 Å². The minimum Gasteiger partial charge on any atom is -0.496 e. The van der Waals surface area contributed by atoms with E-state index in [0.29, 0.717) is 11.4 Å². The van der Waals surface area contributed by atoms with Crippen LogP contribution in [0.2, 0.25) is 0 Å².